The fourth-order valence-electron chi connectivity index (χ4n) is 3.45. The Hall–Kier alpha value is -2.51. The van der Waals surface area contributed by atoms with Crippen molar-refractivity contribution in [3.63, 3.8) is 0 Å². The molecule has 1 saturated carbocycles. The van der Waals surface area contributed by atoms with Crippen LogP contribution < -0.4 is 10.5 Å². The second-order valence-electron chi connectivity index (χ2n) is 7.20. The average Bonchev–Trinajstić information content (AvgIpc) is 3.13. The summed E-state index contributed by atoms with van der Waals surface area (Å²) in [6.07, 6.45) is 5.77. The van der Waals surface area contributed by atoms with Crippen LogP contribution in [0.15, 0.2) is 47.1 Å². The van der Waals surface area contributed by atoms with Crippen LogP contribution in [0.2, 0.25) is 0 Å². The third-order valence-electron chi connectivity index (χ3n) is 5.02. The van der Waals surface area contributed by atoms with Gasteiger partial charge in [0.15, 0.2) is 0 Å². The minimum atomic E-state index is -0.326. The van der Waals surface area contributed by atoms with Gasteiger partial charge >= 0.3 is 0 Å². The molecular weight excluding hydrogens is 383 g/mol. The maximum atomic E-state index is 12.9. The lowest BCUT2D eigenvalue weighted by atomic mass is 9.74. The van der Waals surface area contributed by atoms with Gasteiger partial charge in [0, 0.05) is 23.4 Å². The molecule has 1 aromatic carbocycles. The van der Waals surface area contributed by atoms with Crippen LogP contribution in [0, 0.1) is 5.82 Å². The Morgan fingerprint density at radius 2 is 1.96 bits per heavy atom. The number of benzene rings is 1. The standard InChI is InChI=1S/C20H21FN4O2.ClH/c1-20(22)11-3-2-4-16(20)19-24-18(25-27-19)13-5-10-17(23-12-13)26-15-8-6-14(21)7-9-15;/h5-10,12,16H,2-4,11,22H2,1H3;1H. The van der Waals surface area contributed by atoms with E-state index < -0.39 is 0 Å². The lowest BCUT2D eigenvalue weighted by Crippen LogP contribution is -2.44. The first-order valence-electron chi connectivity index (χ1n) is 9.04. The molecular formula is C20H22ClFN4O2. The Balaban J connectivity index is 0.00000225. The summed E-state index contributed by atoms with van der Waals surface area (Å²) >= 11 is 0. The van der Waals surface area contributed by atoms with Gasteiger partial charge in [-0.05, 0) is 50.1 Å². The van der Waals surface area contributed by atoms with Crippen molar-refractivity contribution in [2.45, 2.75) is 44.1 Å². The first kappa shape index (κ1) is 20.2. The fraction of sp³-hybridized carbons (Fsp3) is 0.350. The highest BCUT2D eigenvalue weighted by Gasteiger charge is 2.37. The Morgan fingerprint density at radius 3 is 2.64 bits per heavy atom. The normalized spacial score (nSPS) is 21.8. The van der Waals surface area contributed by atoms with Gasteiger partial charge in [0.1, 0.15) is 11.6 Å². The highest BCUT2D eigenvalue weighted by Crippen LogP contribution is 2.38. The van der Waals surface area contributed by atoms with Crippen LogP contribution in [0.1, 0.15) is 44.4 Å². The van der Waals surface area contributed by atoms with E-state index in [2.05, 4.69) is 15.1 Å². The minimum absolute atomic E-state index is 0. The van der Waals surface area contributed by atoms with Crippen LogP contribution in [0.5, 0.6) is 11.6 Å². The van der Waals surface area contributed by atoms with Gasteiger partial charge in [-0.1, -0.05) is 18.0 Å². The van der Waals surface area contributed by atoms with Crippen LogP contribution in [-0.4, -0.2) is 20.7 Å². The van der Waals surface area contributed by atoms with E-state index >= 15 is 0 Å². The Bertz CT molecular complexity index is 913. The number of nitrogens with two attached hydrogens (primary N) is 1. The minimum Gasteiger partial charge on any atom is -0.439 e. The molecule has 1 aliphatic carbocycles. The van der Waals surface area contributed by atoms with Gasteiger partial charge in [-0.25, -0.2) is 9.37 Å². The second-order valence-corrected chi connectivity index (χ2v) is 7.20. The van der Waals surface area contributed by atoms with Gasteiger partial charge in [0.25, 0.3) is 0 Å². The van der Waals surface area contributed by atoms with Crippen LogP contribution >= 0.6 is 12.4 Å². The van der Waals surface area contributed by atoms with E-state index in [-0.39, 0.29) is 29.7 Å². The zero-order chi connectivity index (χ0) is 18.9. The predicted molar refractivity (Wildman–Crippen MR) is 105 cm³/mol. The van der Waals surface area contributed by atoms with E-state index in [1.807, 2.05) is 13.0 Å². The zero-order valence-electron chi connectivity index (χ0n) is 15.5. The van der Waals surface area contributed by atoms with E-state index in [9.17, 15) is 4.39 Å². The molecule has 8 heteroatoms. The van der Waals surface area contributed by atoms with Gasteiger partial charge in [-0.15, -0.1) is 12.4 Å². The fourth-order valence-corrected chi connectivity index (χ4v) is 3.45. The second kappa shape index (κ2) is 8.24. The van der Waals surface area contributed by atoms with Crippen molar-refractivity contribution in [2.75, 3.05) is 0 Å². The monoisotopic (exact) mass is 404 g/mol. The van der Waals surface area contributed by atoms with Gasteiger partial charge in [-0.3, -0.25) is 0 Å². The number of pyridine rings is 1. The summed E-state index contributed by atoms with van der Waals surface area (Å²) in [5.41, 5.74) is 6.83. The van der Waals surface area contributed by atoms with Crippen molar-refractivity contribution < 1.29 is 13.7 Å². The molecule has 2 atom stereocenters. The Morgan fingerprint density at radius 1 is 1.18 bits per heavy atom. The lowest BCUT2D eigenvalue weighted by molar-refractivity contribution is 0.223. The van der Waals surface area contributed by atoms with E-state index in [0.29, 0.717) is 23.3 Å². The quantitative estimate of drug-likeness (QED) is 0.668. The summed E-state index contributed by atoms with van der Waals surface area (Å²) < 4.78 is 24.0. The van der Waals surface area contributed by atoms with Crippen LogP contribution in [-0.2, 0) is 0 Å². The molecule has 1 fully saturated rings. The summed E-state index contributed by atoms with van der Waals surface area (Å²) in [7, 11) is 0. The molecule has 148 valence electrons. The zero-order valence-corrected chi connectivity index (χ0v) is 16.3. The Kier molecular flexibility index (Phi) is 5.96. The molecule has 0 bridgehead atoms. The molecule has 0 radical (unpaired) electrons. The van der Waals surface area contributed by atoms with Crippen molar-refractivity contribution in [1.29, 1.82) is 0 Å². The van der Waals surface area contributed by atoms with Gasteiger partial charge in [0.2, 0.25) is 17.6 Å². The highest BCUT2D eigenvalue weighted by molar-refractivity contribution is 5.85. The highest BCUT2D eigenvalue weighted by atomic mass is 35.5. The molecule has 0 amide bonds. The maximum absolute atomic E-state index is 12.9. The average molecular weight is 405 g/mol. The molecule has 4 rings (SSSR count). The summed E-state index contributed by atoms with van der Waals surface area (Å²) in [5, 5.41) is 4.09. The number of aromatic nitrogens is 3. The maximum Gasteiger partial charge on any atom is 0.231 e. The number of halogens is 2. The third-order valence-corrected chi connectivity index (χ3v) is 5.02. The third kappa shape index (κ3) is 4.31. The van der Waals surface area contributed by atoms with Gasteiger partial charge in [0.05, 0.1) is 5.92 Å². The molecule has 2 heterocycles. The number of hydrogen-bond acceptors (Lipinski definition) is 6. The van der Waals surface area contributed by atoms with Crippen molar-refractivity contribution in [3.05, 3.63) is 54.3 Å². The van der Waals surface area contributed by atoms with E-state index in [0.717, 1.165) is 31.2 Å². The molecule has 2 aromatic heterocycles. The van der Waals surface area contributed by atoms with E-state index in [4.69, 9.17) is 15.0 Å². The Labute approximate surface area is 168 Å². The summed E-state index contributed by atoms with van der Waals surface area (Å²) in [6.45, 7) is 2.05. The number of ether oxygens (including phenoxy) is 1. The van der Waals surface area contributed by atoms with Crippen LogP contribution in [0.4, 0.5) is 4.39 Å². The molecule has 2 unspecified atom stereocenters. The first-order valence-corrected chi connectivity index (χ1v) is 9.04. The van der Waals surface area contributed by atoms with Gasteiger partial charge in [-0.2, -0.15) is 4.98 Å². The summed E-state index contributed by atoms with van der Waals surface area (Å²) in [4.78, 5) is 8.80. The smallest absolute Gasteiger partial charge is 0.231 e. The molecule has 0 spiro atoms. The van der Waals surface area contributed by atoms with Crippen molar-refractivity contribution in [1.82, 2.24) is 15.1 Å². The summed E-state index contributed by atoms with van der Waals surface area (Å²) in [6, 6.07) is 9.28. The van der Waals surface area contributed by atoms with Gasteiger partial charge < -0.3 is 15.0 Å². The number of nitrogens with zero attached hydrogens (tertiary/aromatic N) is 3. The molecule has 0 aliphatic heterocycles. The molecule has 3 aromatic rings. The van der Waals surface area contributed by atoms with Crippen molar-refractivity contribution in [2.24, 2.45) is 5.73 Å². The van der Waals surface area contributed by atoms with Crippen LogP contribution in [0.25, 0.3) is 11.4 Å². The summed E-state index contributed by atoms with van der Waals surface area (Å²) in [5.74, 6) is 1.73. The number of hydrogen-bond donors (Lipinski definition) is 1. The van der Waals surface area contributed by atoms with E-state index in [1.165, 1.54) is 12.1 Å². The topological polar surface area (TPSA) is 87.1 Å². The predicted octanol–water partition coefficient (Wildman–Crippen LogP) is 4.86. The molecule has 28 heavy (non-hydrogen) atoms. The van der Waals surface area contributed by atoms with Crippen molar-refractivity contribution >= 4 is 12.4 Å². The molecule has 6 nitrogen and oxygen atoms in total. The van der Waals surface area contributed by atoms with Crippen molar-refractivity contribution in [3.8, 4) is 23.0 Å². The van der Waals surface area contributed by atoms with Crippen LogP contribution in [0.3, 0.4) is 0 Å². The molecule has 2 N–H and O–H groups in total. The molecule has 0 saturated heterocycles. The number of rotatable bonds is 4. The largest absolute Gasteiger partial charge is 0.439 e. The SMILES string of the molecule is CC1(N)CCCCC1c1nc(-c2ccc(Oc3ccc(F)cc3)nc2)no1.Cl. The van der Waals surface area contributed by atoms with E-state index in [1.54, 1.807) is 24.4 Å². The lowest BCUT2D eigenvalue weighted by Gasteiger charge is -2.35. The first-order chi connectivity index (χ1) is 13.0. The molecule has 1 aliphatic rings.